The van der Waals surface area contributed by atoms with Crippen LogP contribution in [0, 0.1) is 11.3 Å². The minimum absolute atomic E-state index is 0.0485. The molecular weight excluding hydrogens is 344 g/mol. The Hall–Kier alpha value is -3.35. The van der Waals surface area contributed by atoms with Crippen molar-refractivity contribution < 1.29 is 18.3 Å². The van der Waals surface area contributed by atoms with Gasteiger partial charge in [0.1, 0.15) is 17.4 Å². The first-order valence-electron chi connectivity index (χ1n) is 6.89. The number of primary sulfonamides is 1. The number of carbonyl (C=O) groups excluding carboxylic acids is 1. The maximum Gasteiger partial charge on any atom is 0.267 e. The lowest BCUT2D eigenvalue weighted by Crippen LogP contribution is -2.14. The summed E-state index contributed by atoms with van der Waals surface area (Å²) < 4.78 is 22.3. The van der Waals surface area contributed by atoms with Gasteiger partial charge < -0.3 is 15.7 Å². The van der Waals surface area contributed by atoms with Crippen molar-refractivity contribution in [3.63, 3.8) is 0 Å². The van der Waals surface area contributed by atoms with E-state index in [-0.39, 0.29) is 16.2 Å². The number of sulfonamides is 1. The molecule has 0 spiro atoms. The number of phenolic OH excluding ortho intramolecular Hbond substituents is 1. The summed E-state index contributed by atoms with van der Waals surface area (Å²) in [6.45, 7) is 0. The zero-order valence-electron chi connectivity index (χ0n) is 12.8. The zero-order valence-corrected chi connectivity index (χ0v) is 13.6. The average molecular weight is 358 g/mol. The molecule has 0 aliphatic heterocycles. The molecule has 0 aliphatic carbocycles. The molecule has 0 bridgehead atoms. The molecule has 0 unspecified atom stereocenters. The summed E-state index contributed by atoms with van der Waals surface area (Å²) in [6, 6.07) is 13.0. The lowest BCUT2D eigenvalue weighted by molar-refractivity contribution is -0.112. The predicted molar refractivity (Wildman–Crippen MR) is 91.9 cm³/mol. The van der Waals surface area contributed by atoms with Crippen LogP contribution in [-0.2, 0) is 14.8 Å². The van der Waals surface area contributed by atoms with Gasteiger partial charge in [-0.25, -0.2) is 13.6 Å². The van der Waals surface area contributed by atoms with Gasteiger partial charge in [0.15, 0.2) is 0 Å². The van der Waals surface area contributed by atoms with E-state index >= 15 is 0 Å². The minimum atomic E-state index is -3.78. The molecule has 0 aromatic heterocycles. The third-order valence-corrected chi connectivity index (χ3v) is 3.99. The summed E-state index contributed by atoms with van der Waals surface area (Å²) >= 11 is 0. The van der Waals surface area contributed by atoms with E-state index in [0.29, 0.717) is 11.4 Å². The number of nitrogens with zero attached hydrogens (tertiary/aromatic N) is 1. The number of nitrogens with one attached hydrogen (secondary N) is 2. The lowest BCUT2D eigenvalue weighted by Gasteiger charge is -2.06. The standard InChI is InChI=1S/C16H14N4O4S/c17-9-11(16(22)20-13-1-5-14(21)6-2-13)10-19-12-3-7-15(8-4-12)25(18,23)24/h1-8,10,19,21H,(H,20,22)(H2,18,23,24)/b11-10-. The van der Waals surface area contributed by atoms with E-state index in [9.17, 15) is 18.3 Å². The molecule has 128 valence electrons. The van der Waals surface area contributed by atoms with Gasteiger partial charge in [-0.1, -0.05) is 0 Å². The van der Waals surface area contributed by atoms with Gasteiger partial charge in [-0.2, -0.15) is 5.26 Å². The number of amides is 1. The maximum atomic E-state index is 12.0. The van der Waals surface area contributed by atoms with E-state index in [1.807, 2.05) is 0 Å². The van der Waals surface area contributed by atoms with Crippen LogP contribution in [0.2, 0.25) is 0 Å². The van der Waals surface area contributed by atoms with Crippen LogP contribution >= 0.6 is 0 Å². The van der Waals surface area contributed by atoms with Crippen molar-refractivity contribution in [2.75, 3.05) is 10.6 Å². The maximum absolute atomic E-state index is 12.0. The number of benzene rings is 2. The topological polar surface area (TPSA) is 145 Å². The van der Waals surface area contributed by atoms with Gasteiger partial charge in [0, 0.05) is 17.6 Å². The molecule has 5 N–H and O–H groups in total. The summed E-state index contributed by atoms with van der Waals surface area (Å²) in [7, 11) is -3.78. The molecule has 0 heterocycles. The second-order valence-corrected chi connectivity index (χ2v) is 6.45. The van der Waals surface area contributed by atoms with Crippen LogP contribution in [0.15, 0.2) is 65.2 Å². The van der Waals surface area contributed by atoms with Gasteiger partial charge in [0.05, 0.1) is 4.90 Å². The quantitative estimate of drug-likeness (QED) is 0.362. The molecule has 2 aromatic rings. The number of hydrogen-bond acceptors (Lipinski definition) is 6. The monoisotopic (exact) mass is 358 g/mol. The molecule has 0 radical (unpaired) electrons. The van der Waals surface area contributed by atoms with E-state index in [1.54, 1.807) is 6.07 Å². The van der Waals surface area contributed by atoms with Gasteiger partial charge in [-0.05, 0) is 48.5 Å². The fraction of sp³-hybridized carbons (Fsp3) is 0. The number of aromatic hydroxyl groups is 1. The number of rotatable bonds is 5. The third-order valence-electron chi connectivity index (χ3n) is 3.06. The molecule has 0 aliphatic rings. The number of phenols is 1. The number of nitriles is 1. The molecule has 0 atom stereocenters. The van der Waals surface area contributed by atoms with Gasteiger partial charge in [0.2, 0.25) is 10.0 Å². The van der Waals surface area contributed by atoms with E-state index < -0.39 is 15.9 Å². The number of carbonyl (C=O) groups is 1. The Morgan fingerprint density at radius 2 is 1.64 bits per heavy atom. The zero-order chi connectivity index (χ0) is 18.4. The molecule has 2 rings (SSSR count). The Bertz CT molecular complexity index is 943. The lowest BCUT2D eigenvalue weighted by atomic mass is 10.2. The molecule has 0 saturated carbocycles. The summed E-state index contributed by atoms with van der Waals surface area (Å²) in [5, 5.41) is 28.5. The van der Waals surface area contributed by atoms with Crippen molar-refractivity contribution in [2.24, 2.45) is 5.14 Å². The van der Waals surface area contributed by atoms with Crippen molar-refractivity contribution in [1.82, 2.24) is 0 Å². The first-order chi connectivity index (χ1) is 11.8. The van der Waals surface area contributed by atoms with E-state index in [1.165, 1.54) is 54.7 Å². The van der Waals surface area contributed by atoms with Crippen molar-refractivity contribution in [1.29, 1.82) is 5.26 Å². The minimum Gasteiger partial charge on any atom is -0.508 e. The SMILES string of the molecule is N#C/C(=C/Nc1ccc(S(N)(=O)=O)cc1)C(=O)Nc1ccc(O)cc1. The van der Waals surface area contributed by atoms with Crippen LogP contribution in [0.5, 0.6) is 5.75 Å². The smallest absolute Gasteiger partial charge is 0.267 e. The molecule has 8 nitrogen and oxygen atoms in total. The number of anilines is 2. The Morgan fingerprint density at radius 3 is 2.16 bits per heavy atom. The van der Waals surface area contributed by atoms with Gasteiger partial charge in [-0.15, -0.1) is 0 Å². The van der Waals surface area contributed by atoms with Crippen molar-refractivity contribution in [3.05, 3.63) is 60.3 Å². The summed E-state index contributed by atoms with van der Waals surface area (Å²) in [5.74, 6) is -0.583. The van der Waals surface area contributed by atoms with Gasteiger partial charge in [0.25, 0.3) is 5.91 Å². The van der Waals surface area contributed by atoms with E-state index in [0.717, 1.165) is 0 Å². The molecule has 0 saturated heterocycles. The van der Waals surface area contributed by atoms with Crippen LogP contribution in [-0.4, -0.2) is 19.4 Å². The van der Waals surface area contributed by atoms with Gasteiger partial charge >= 0.3 is 0 Å². The molecule has 25 heavy (non-hydrogen) atoms. The Balaban J connectivity index is 2.08. The van der Waals surface area contributed by atoms with Crippen molar-refractivity contribution in [2.45, 2.75) is 4.90 Å². The number of hydrogen-bond donors (Lipinski definition) is 4. The van der Waals surface area contributed by atoms with Crippen LogP contribution in [0.4, 0.5) is 11.4 Å². The first-order valence-corrected chi connectivity index (χ1v) is 8.44. The molecular formula is C16H14N4O4S. The van der Waals surface area contributed by atoms with Crippen LogP contribution in [0.25, 0.3) is 0 Å². The van der Waals surface area contributed by atoms with Crippen LogP contribution in [0.1, 0.15) is 0 Å². The highest BCUT2D eigenvalue weighted by Crippen LogP contribution is 2.15. The molecule has 1 amide bonds. The Labute approximate surface area is 144 Å². The van der Waals surface area contributed by atoms with Gasteiger partial charge in [-0.3, -0.25) is 4.79 Å². The van der Waals surface area contributed by atoms with Crippen LogP contribution in [0.3, 0.4) is 0 Å². The molecule has 0 fully saturated rings. The summed E-state index contributed by atoms with van der Waals surface area (Å²) in [5.41, 5.74) is 0.697. The molecule has 2 aromatic carbocycles. The Morgan fingerprint density at radius 1 is 1.08 bits per heavy atom. The highest BCUT2D eigenvalue weighted by molar-refractivity contribution is 7.89. The van der Waals surface area contributed by atoms with Crippen molar-refractivity contribution in [3.8, 4) is 11.8 Å². The van der Waals surface area contributed by atoms with E-state index in [2.05, 4.69) is 10.6 Å². The summed E-state index contributed by atoms with van der Waals surface area (Å²) in [6.07, 6.45) is 1.20. The fourth-order valence-electron chi connectivity index (χ4n) is 1.79. The third kappa shape index (κ3) is 5.07. The summed E-state index contributed by atoms with van der Waals surface area (Å²) in [4.78, 5) is 12.0. The number of nitrogens with two attached hydrogens (primary N) is 1. The first kappa shape index (κ1) is 18.0. The largest absolute Gasteiger partial charge is 0.508 e. The molecule has 9 heteroatoms. The average Bonchev–Trinajstić information content (AvgIpc) is 2.57. The van der Waals surface area contributed by atoms with E-state index in [4.69, 9.17) is 10.4 Å². The normalized spacial score (nSPS) is 11.4. The predicted octanol–water partition coefficient (Wildman–Crippen LogP) is 1.50. The Kier molecular flexibility index (Phi) is 5.38. The highest BCUT2D eigenvalue weighted by Gasteiger charge is 2.10. The van der Waals surface area contributed by atoms with Crippen LogP contribution < -0.4 is 15.8 Å². The fourth-order valence-corrected chi connectivity index (χ4v) is 2.30. The second-order valence-electron chi connectivity index (χ2n) is 4.88. The highest BCUT2D eigenvalue weighted by atomic mass is 32.2. The van der Waals surface area contributed by atoms with Crippen molar-refractivity contribution >= 4 is 27.3 Å². The second kappa shape index (κ2) is 7.48.